The van der Waals surface area contributed by atoms with Crippen LogP contribution in [0.15, 0.2) is 200 Å². The van der Waals surface area contributed by atoms with Gasteiger partial charge in [0.2, 0.25) is 0 Å². The third kappa shape index (κ3) is 6.71. The molecule has 0 atom stereocenters. The number of benzene rings is 8. The molecule has 9 aromatic rings. The van der Waals surface area contributed by atoms with E-state index in [9.17, 15) is 0 Å². The van der Waals surface area contributed by atoms with Crippen LogP contribution in [0.5, 0.6) is 0 Å². The van der Waals surface area contributed by atoms with Crippen LogP contribution in [0.2, 0.25) is 0 Å². The number of nitrogens with zero attached hydrogens (tertiary/aromatic N) is 3. The summed E-state index contributed by atoms with van der Waals surface area (Å²) in [5.74, 6) is 0.685. The predicted molar refractivity (Wildman–Crippen MR) is 244 cm³/mol. The first-order valence-corrected chi connectivity index (χ1v) is 20.0. The summed E-state index contributed by atoms with van der Waals surface area (Å²) < 4.78 is 0. The van der Waals surface area contributed by atoms with Crippen LogP contribution in [0, 0.1) is 6.57 Å². The zero-order valence-electron chi connectivity index (χ0n) is 32.9. The van der Waals surface area contributed by atoms with Gasteiger partial charge in [0.25, 0.3) is 0 Å². The Morgan fingerprint density at radius 2 is 0.780 bits per heavy atom. The molecule has 0 aliphatic heterocycles. The van der Waals surface area contributed by atoms with Gasteiger partial charge < -0.3 is 0 Å². The standard InChI is InChI=1S/C56H39N3/c1-56(2)51-28-26-43(34-49(51)50-35-48(57-3)27-29-52(50)56)40-24-22-39(23-25-40)42-20-13-21-44(30-42)53-36-54(59-55(58-53)41-18-11-6-12-19-41)47-32-45(37-14-7-4-8-15-37)31-46(33-47)38-16-9-5-10-17-38/h4-36H,1-2H3. The van der Waals surface area contributed by atoms with E-state index in [0.29, 0.717) is 11.5 Å². The highest BCUT2D eigenvalue weighted by Gasteiger charge is 2.35. The zero-order valence-corrected chi connectivity index (χ0v) is 32.9. The lowest BCUT2D eigenvalue weighted by Crippen LogP contribution is -2.14. The van der Waals surface area contributed by atoms with E-state index in [0.717, 1.165) is 78.1 Å². The minimum absolute atomic E-state index is 0.109. The SMILES string of the molecule is [C-]#[N+]c1ccc2c(c1)-c1cc(-c3ccc(-c4cccc(-c5cc(-c6cc(-c7ccccc7)cc(-c7ccccc7)c6)nc(-c6ccccc6)n5)c4)cc3)ccc1C2(C)C. The fourth-order valence-electron chi connectivity index (χ4n) is 8.55. The van der Waals surface area contributed by atoms with Crippen molar-refractivity contribution in [3.63, 3.8) is 0 Å². The number of aromatic nitrogens is 2. The summed E-state index contributed by atoms with van der Waals surface area (Å²) >= 11 is 0. The summed E-state index contributed by atoms with van der Waals surface area (Å²) in [6, 6.07) is 70.6. The first-order chi connectivity index (χ1) is 28.9. The molecule has 0 saturated carbocycles. The fraction of sp³-hybridized carbons (Fsp3) is 0.0536. The molecule has 0 N–H and O–H groups in total. The Balaban J connectivity index is 1.03. The van der Waals surface area contributed by atoms with Crippen LogP contribution in [0.3, 0.4) is 0 Å². The van der Waals surface area contributed by atoms with Crippen LogP contribution in [-0.2, 0) is 5.41 Å². The van der Waals surface area contributed by atoms with Crippen molar-refractivity contribution in [1.82, 2.24) is 9.97 Å². The van der Waals surface area contributed by atoms with E-state index in [4.69, 9.17) is 16.5 Å². The monoisotopic (exact) mass is 753 g/mol. The minimum atomic E-state index is -0.109. The van der Waals surface area contributed by atoms with Crippen molar-refractivity contribution < 1.29 is 0 Å². The summed E-state index contributed by atoms with van der Waals surface area (Å²) in [6.07, 6.45) is 0. The maximum Gasteiger partial charge on any atom is 0.187 e. The van der Waals surface area contributed by atoms with Crippen molar-refractivity contribution in [3.05, 3.63) is 223 Å². The molecule has 1 aliphatic rings. The Kier molecular flexibility index (Phi) is 8.89. The van der Waals surface area contributed by atoms with E-state index in [1.54, 1.807) is 0 Å². The minimum Gasteiger partial charge on any atom is -0.238 e. The van der Waals surface area contributed by atoms with Gasteiger partial charge in [0.1, 0.15) is 0 Å². The van der Waals surface area contributed by atoms with E-state index >= 15 is 0 Å². The largest absolute Gasteiger partial charge is 0.238 e. The second-order valence-corrected chi connectivity index (χ2v) is 15.7. The fourth-order valence-corrected chi connectivity index (χ4v) is 8.55. The van der Waals surface area contributed by atoms with E-state index in [2.05, 4.69) is 189 Å². The lowest BCUT2D eigenvalue weighted by molar-refractivity contribution is 0.660. The van der Waals surface area contributed by atoms with Gasteiger partial charge in [0.05, 0.1) is 18.0 Å². The van der Waals surface area contributed by atoms with Gasteiger partial charge in [-0.05, 0) is 109 Å². The van der Waals surface area contributed by atoms with Crippen LogP contribution >= 0.6 is 0 Å². The van der Waals surface area contributed by atoms with E-state index in [1.165, 1.54) is 16.7 Å². The molecule has 278 valence electrons. The molecule has 8 aromatic carbocycles. The maximum atomic E-state index is 7.60. The average molecular weight is 754 g/mol. The van der Waals surface area contributed by atoms with Gasteiger partial charge in [-0.15, -0.1) is 0 Å². The Labute approximate surface area is 345 Å². The van der Waals surface area contributed by atoms with Crippen molar-refractivity contribution in [1.29, 1.82) is 0 Å². The topological polar surface area (TPSA) is 30.1 Å². The Hall–Kier alpha value is -7.67. The highest BCUT2D eigenvalue weighted by molar-refractivity contribution is 5.87. The second kappa shape index (κ2) is 14.7. The van der Waals surface area contributed by atoms with Gasteiger partial charge in [-0.1, -0.05) is 172 Å². The van der Waals surface area contributed by atoms with Crippen LogP contribution in [0.1, 0.15) is 25.0 Å². The number of hydrogen-bond donors (Lipinski definition) is 0. The predicted octanol–water partition coefficient (Wildman–Crippen LogP) is 15.0. The van der Waals surface area contributed by atoms with E-state index in [-0.39, 0.29) is 5.41 Å². The van der Waals surface area contributed by atoms with Crippen LogP contribution in [0.4, 0.5) is 5.69 Å². The van der Waals surface area contributed by atoms with E-state index in [1.807, 2.05) is 30.3 Å². The molecule has 3 heteroatoms. The van der Waals surface area contributed by atoms with Gasteiger partial charge in [-0.3, -0.25) is 0 Å². The zero-order chi connectivity index (χ0) is 39.9. The van der Waals surface area contributed by atoms with Crippen molar-refractivity contribution in [2.45, 2.75) is 19.3 Å². The second-order valence-electron chi connectivity index (χ2n) is 15.7. The normalized spacial score (nSPS) is 12.4. The summed E-state index contributed by atoms with van der Waals surface area (Å²) in [6.45, 7) is 12.1. The third-order valence-corrected chi connectivity index (χ3v) is 11.7. The molecule has 10 rings (SSSR count). The first kappa shape index (κ1) is 35.7. The van der Waals surface area contributed by atoms with Crippen molar-refractivity contribution in [2.75, 3.05) is 0 Å². The summed E-state index contributed by atoms with van der Waals surface area (Å²) in [5.41, 5.74) is 19.4. The Morgan fingerprint density at radius 3 is 1.37 bits per heavy atom. The van der Waals surface area contributed by atoms with Gasteiger partial charge >= 0.3 is 0 Å². The number of hydrogen-bond acceptors (Lipinski definition) is 2. The molecule has 0 fully saturated rings. The molecule has 0 bridgehead atoms. The Morgan fingerprint density at radius 1 is 0.356 bits per heavy atom. The average Bonchev–Trinajstić information content (AvgIpc) is 3.54. The molecular weight excluding hydrogens is 715 g/mol. The van der Waals surface area contributed by atoms with Crippen molar-refractivity contribution >= 4 is 5.69 Å². The number of rotatable bonds is 7. The first-order valence-electron chi connectivity index (χ1n) is 20.0. The number of fused-ring (bicyclic) bond motifs is 3. The summed E-state index contributed by atoms with van der Waals surface area (Å²) in [4.78, 5) is 14.1. The molecule has 1 aliphatic carbocycles. The van der Waals surface area contributed by atoms with Crippen molar-refractivity contribution in [3.8, 4) is 89.5 Å². The molecule has 0 unspecified atom stereocenters. The molecule has 0 amide bonds. The van der Waals surface area contributed by atoms with Gasteiger partial charge in [0, 0.05) is 22.1 Å². The molecule has 3 nitrogen and oxygen atoms in total. The third-order valence-electron chi connectivity index (χ3n) is 11.7. The van der Waals surface area contributed by atoms with E-state index < -0.39 is 0 Å². The highest BCUT2D eigenvalue weighted by atomic mass is 14.9. The Bertz CT molecular complexity index is 2990. The molecule has 0 saturated heterocycles. The molecular formula is C56H39N3. The maximum absolute atomic E-state index is 7.60. The van der Waals surface area contributed by atoms with Gasteiger partial charge in [0.15, 0.2) is 11.5 Å². The molecule has 1 aromatic heterocycles. The van der Waals surface area contributed by atoms with Crippen molar-refractivity contribution in [2.24, 2.45) is 0 Å². The molecule has 0 spiro atoms. The summed E-state index contributed by atoms with van der Waals surface area (Å²) in [5, 5.41) is 0. The van der Waals surface area contributed by atoms with Crippen LogP contribution < -0.4 is 0 Å². The lowest BCUT2D eigenvalue weighted by Gasteiger charge is -2.21. The van der Waals surface area contributed by atoms with Gasteiger partial charge in [-0.2, -0.15) is 0 Å². The molecule has 59 heavy (non-hydrogen) atoms. The van der Waals surface area contributed by atoms with Crippen LogP contribution in [0.25, 0.3) is 94.4 Å². The van der Waals surface area contributed by atoms with Crippen LogP contribution in [-0.4, -0.2) is 9.97 Å². The smallest absolute Gasteiger partial charge is 0.187 e. The molecule has 0 radical (unpaired) electrons. The molecule has 1 heterocycles. The lowest BCUT2D eigenvalue weighted by atomic mass is 9.82. The quantitative estimate of drug-likeness (QED) is 0.152. The van der Waals surface area contributed by atoms with Gasteiger partial charge in [-0.25, -0.2) is 14.8 Å². The highest BCUT2D eigenvalue weighted by Crippen LogP contribution is 2.50. The summed E-state index contributed by atoms with van der Waals surface area (Å²) in [7, 11) is 0.